The third-order valence-corrected chi connectivity index (χ3v) is 4.71. The number of hydrogen-bond donors (Lipinski definition) is 1. The molecule has 0 saturated heterocycles. The van der Waals surface area contributed by atoms with Crippen LogP contribution in [0, 0.1) is 0 Å². The van der Waals surface area contributed by atoms with Crippen LogP contribution in [0.4, 0.5) is 0 Å². The molecule has 2 N–H and O–H groups in total. The first-order valence-corrected chi connectivity index (χ1v) is 8.90. The number of aryl methyl sites for hydroxylation is 1. The Balaban J connectivity index is 2.16. The van der Waals surface area contributed by atoms with Crippen molar-refractivity contribution in [3.63, 3.8) is 0 Å². The molecule has 1 aliphatic carbocycles. The molecule has 0 radical (unpaired) electrons. The second-order valence-electron chi connectivity index (χ2n) is 5.41. The largest absolute Gasteiger partial charge is 0.458 e. The number of carbonyl (C=O) groups excluding carboxylic acids is 1. The second kappa shape index (κ2) is 6.62. The van der Waals surface area contributed by atoms with E-state index in [1.54, 1.807) is 4.57 Å². The topological polar surface area (TPSA) is 91.4 Å². The first-order valence-electron chi connectivity index (χ1n) is 7.35. The van der Waals surface area contributed by atoms with E-state index in [1.165, 1.54) is 25.1 Å². The number of primary sulfonamides is 1. The van der Waals surface area contributed by atoms with Gasteiger partial charge in [0.2, 0.25) is 10.0 Å². The van der Waals surface area contributed by atoms with Gasteiger partial charge < -0.3 is 9.30 Å². The van der Waals surface area contributed by atoms with Crippen molar-refractivity contribution < 1.29 is 17.9 Å². The lowest BCUT2D eigenvalue weighted by Gasteiger charge is -2.15. The highest BCUT2D eigenvalue weighted by Gasteiger charge is 2.23. The Morgan fingerprint density at radius 2 is 1.95 bits per heavy atom. The van der Waals surface area contributed by atoms with Crippen molar-refractivity contribution in [3.8, 4) is 0 Å². The standard InChI is InChI=1S/C14H22N2O4S/c1-2-16-10-12(21(15,18)19)9-13(16)14(17)20-11-7-5-3-4-6-8-11/h9-11H,2-8H2,1H3,(H2,15,18,19). The van der Waals surface area contributed by atoms with E-state index in [4.69, 9.17) is 9.88 Å². The van der Waals surface area contributed by atoms with Gasteiger partial charge in [-0.25, -0.2) is 18.4 Å². The molecule has 0 bridgehead atoms. The van der Waals surface area contributed by atoms with Crippen LogP contribution < -0.4 is 5.14 Å². The van der Waals surface area contributed by atoms with Crippen LogP contribution in [-0.4, -0.2) is 25.1 Å². The Morgan fingerprint density at radius 1 is 1.33 bits per heavy atom. The van der Waals surface area contributed by atoms with Gasteiger partial charge in [0, 0.05) is 12.7 Å². The molecule has 1 fully saturated rings. The Bertz CT molecular complexity index is 598. The number of esters is 1. The monoisotopic (exact) mass is 314 g/mol. The number of hydrogen-bond acceptors (Lipinski definition) is 4. The zero-order chi connectivity index (χ0) is 15.5. The Morgan fingerprint density at radius 3 is 2.48 bits per heavy atom. The van der Waals surface area contributed by atoms with Crippen molar-refractivity contribution >= 4 is 16.0 Å². The van der Waals surface area contributed by atoms with Gasteiger partial charge in [0.25, 0.3) is 0 Å². The minimum Gasteiger partial charge on any atom is -0.458 e. The van der Waals surface area contributed by atoms with Crippen molar-refractivity contribution in [2.24, 2.45) is 5.14 Å². The molecule has 0 unspecified atom stereocenters. The van der Waals surface area contributed by atoms with E-state index in [1.807, 2.05) is 6.92 Å². The number of carbonyl (C=O) groups is 1. The molecule has 0 aromatic carbocycles. The first kappa shape index (κ1) is 16.0. The summed E-state index contributed by atoms with van der Waals surface area (Å²) in [5.74, 6) is -0.473. The van der Waals surface area contributed by atoms with Crippen molar-refractivity contribution in [3.05, 3.63) is 18.0 Å². The molecule has 2 rings (SSSR count). The van der Waals surface area contributed by atoms with E-state index in [0.717, 1.165) is 25.7 Å². The quantitative estimate of drug-likeness (QED) is 0.680. The third kappa shape index (κ3) is 4.07. The number of nitrogens with two attached hydrogens (primary N) is 1. The molecule has 1 aliphatic rings. The van der Waals surface area contributed by atoms with Crippen LogP contribution in [-0.2, 0) is 21.3 Å². The summed E-state index contributed by atoms with van der Waals surface area (Å²) >= 11 is 0. The molecule has 7 heteroatoms. The van der Waals surface area contributed by atoms with E-state index in [9.17, 15) is 13.2 Å². The molecular weight excluding hydrogens is 292 g/mol. The van der Waals surface area contributed by atoms with Gasteiger partial charge >= 0.3 is 5.97 Å². The van der Waals surface area contributed by atoms with Gasteiger partial charge in [-0.2, -0.15) is 0 Å². The fraction of sp³-hybridized carbons (Fsp3) is 0.643. The number of aromatic nitrogens is 1. The minimum atomic E-state index is -3.82. The number of rotatable bonds is 4. The molecule has 0 aliphatic heterocycles. The molecule has 0 spiro atoms. The lowest BCUT2D eigenvalue weighted by atomic mass is 10.1. The molecular formula is C14H22N2O4S. The lowest BCUT2D eigenvalue weighted by Crippen LogP contribution is -2.19. The molecule has 0 atom stereocenters. The zero-order valence-corrected chi connectivity index (χ0v) is 13.1. The summed E-state index contributed by atoms with van der Waals surface area (Å²) in [7, 11) is -3.82. The minimum absolute atomic E-state index is 0.0582. The third-order valence-electron chi connectivity index (χ3n) is 3.83. The van der Waals surface area contributed by atoms with Gasteiger partial charge in [0.15, 0.2) is 0 Å². The number of sulfonamides is 1. The van der Waals surface area contributed by atoms with E-state index in [0.29, 0.717) is 6.54 Å². The summed E-state index contributed by atoms with van der Waals surface area (Å²) in [5, 5.41) is 5.11. The van der Waals surface area contributed by atoms with Crippen LogP contribution >= 0.6 is 0 Å². The van der Waals surface area contributed by atoms with Crippen molar-refractivity contribution in [1.29, 1.82) is 0 Å². The van der Waals surface area contributed by atoms with Gasteiger partial charge in [0.05, 0.1) is 0 Å². The summed E-state index contributed by atoms with van der Waals surface area (Å²) in [6, 6.07) is 1.29. The Labute approximate surface area is 125 Å². The Hall–Kier alpha value is -1.34. The van der Waals surface area contributed by atoms with Gasteiger partial charge in [0.1, 0.15) is 16.7 Å². The van der Waals surface area contributed by atoms with Crippen LogP contribution in [0.25, 0.3) is 0 Å². The van der Waals surface area contributed by atoms with Crippen molar-refractivity contribution in [1.82, 2.24) is 4.57 Å². The summed E-state index contributed by atoms with van der Waals surface area (Å²) in [6.07, 6.45) is 7.53. The fourth-order valence-corrected chi connectivity index (χ4v) is 3.19. The summed E-state index contributed by atoms with van der Waals surface area (Å²) in [4.78, 5) is 12.2. The molecule has 118 valence electrons. The highest BCUT2D eigenvalue weighted by Crippen LogP contribution is 2.22. The van der Waals surface area contributed by atoms with Crippen LogP contribution in [0.2, 0.25) is 0 Å². The number of nitrogens with zero attached hydrogens (tertiary/aromatic N) is 1. The molecule has 1 heterocycles. The molecule has 6 nitrogen and oxygen atoms in total. The fourth-order valence-electron chi connectivity index (χ4n) is 2.64. The van der Waals surface area contributed by atoms with E-state index >= 15 is 0 Å². The van der Waals surface area contributed by atoms with Gasteiger partial charge in [-0.15, -0.1) is 0 Å². The molecule has 21 heavy (non-hydrogen) atoms. The van der Waals surface area contributed by atoms with Crippen LogP contribution in [0.1, 0.15) is 55.9 Å². The van der Waals surface area contributed by atoms with E-state index in [-0.39, 0.29) is 16.7 Å². The smallest absolute Gasteiger partial charge is 0.355 e. The predicted molar refractivity (Wildman–Crippen MR) is 78.4 cm³/mol. The summed E-state index contributed by atoms with van der Waals surface area (Å²) < 4.78 is 29.9. The van der Waals surface area contributed by atoms with Crippen molar-refractivity contribution in [2.75, 3.05) is 0 Å². The summed E-state index contributed by atoms with van der Waals surface area (Å²) in [5.41, 5.74) is 0.241. The van der Waals surface area contributed by atoms with Crippen LogP contribution in [0.3, 0.4) is 0 Å². The first-order chi connectivity index (χ1) is 9.91. The average molecular weight is 314 g/mol. The van der Waals surface area contributed by atoms with Gasteiger partial charge in [-0.05, 0) is 38.7 Å². The Kier molecular flexibility index (Phi) is 5.05. The summed E-state index contributed by atoms with van der Waals surface area (Å²) in [6.45, 7) is 2.31. The van der Waals surface area contributed by atoms with Gasteiger partial charge in [-0.1, -0.05) is 12.8 Å². The van der Waals surface area contributed by atoms with E-state index in [2.05, 4.69) is 0 Å². The maximum atomic E-state index is 12.3. The zero-order valence-electron chi connectivity index (χ0n) is 12.2. The van der Waals surface area contributed by atoms with Crippen molar-refractivity contribution in [2.45, 2.75) is 63.0 Å². The SMILES string of the molecule is CCn1cc(S(N)(=O)=O)cc1C(=O)OC1CCCCCC1. The maximum Gasteiger partial charge on any atom is 0.355 e. The average Bonchev–Trinajstić information content (AvgIpc) is 2.71. The van der Waals surface area contributed by atoms with E-state index < -0.39 is 16.0 Å². The molecule has 1 saturated carbocycles. The molecule has 0 amide bonds. The molecule has 1 aromatic heterocycles. The maximum absolute atomic E-state index is 12.3. The highest BCUT2D eigenvalue weighted by atomic mass is 32.2. The predicted octanol–water partition coefficient (Wildman–Crippen LogP) is 2.03. The second-order valence-corrected chi connectivity index (χ2v) is 6.97. The van der Waals surface area contributed by atoms with Crippen LogP contribution in [0.5, 0.6) is 0 Å². The normalized spacial score (nSPS) is 17.4. The number of ether oxygens (including phenoxy) is 1. The highest BCUT2D eigenvalue weighted by molar-refractivity contribution is 7.89. The van der Waals surface area contributed by atoms with Crippen LogP contribution in [0.15, 0.2) is 17.2 Å². The lowest BCUT2D eigenvalue weighted by molar-refractivity contribution is 0.0255. The molecule has 1 aromatic rings. The van der Waals surface area contributed by atoms with Gasteiger partial charge in [-0.3, -0.25) is 0 Å².